The molecule has 2 amide bonds. The number of nitrogens with one attached hydrogen (secondary N) is 1. The Morgan fingerprint density at radius 3 is 2.19 bits per heavy atom. The van der Waals surface area contributed by atoms with E-state index in [2.05, 4.69) is 23.5 Å². The first-order chi connectivity index (χ1) is 15.5. The van der Waals surface area contributed by atoms with Crippen LogP contribution in [0.1, 0.15) is 41.6 Å². The standard InChI is InChI=1S/C25H30N4O3/c26-16-20-6-5-19(15-22(20)27-21-7-8-21)17-1-3-18(4-2-17)23(30)28-11-13-29(14-12-28)24(31)25(32)9-10-25/h1-6,15,21,27,32H,7-14,16,26H2. The second-order valence-corrected chi connectivity index (χ2v) is 9.19. The Labute approximate surface area is 188 Å². The smallest absolute Gasteiger partial charge is 0.254 e. The van der Waals surface area contributed by atoms with Gasteiger partial charge in [0, 0.05) is 50.0 Å². The first kappa shape index (κ1) is 21.0. The normalized spacial score (nSPS) is 19.6. The minimum atomic E-state index is -1.14. The van der Waals surface area contributed by atoms with E-state index in [0.717, 1.165) is 22.4 Å². The average Bonchev–Trinajstić information content (AvgIpc) is 3.77. The lowest BCUT2D eigenvalue weighted by atomic mass is 10.0. The average molecular weight is 435 g/mol. The second kappa shape index (κ2) is 8.22. The second-order valence-electron chi connectivity index (χ2n) is 9.19. The summed E-state index contributed by atoms with van der Waals surface area (Å²) in [4.78, 5) is 28.7. The van der Waals surface area contributed by atoms with E-state index in [1.165, 1.54) is 12.8 Å². The molecule has 0 radical (unpaired) electrons. The molecule has 3 fully saturated rings. The van der Waals surface area contributed by atoms with Gasteiger partial charge in [0.2, 0.25) is 0 Å². The van der Waals surface area contributed by atoms with Crippen molar-refractivity contribution in [3.8, 4) is 11.1 Å². The van der Waals surface area contributed by atoms with E-state index in [-0.39, 0.29) is 11.8 Å². The maximum Gasteiger partial charge on any atom is 0.254 e. The molecule has 168 valence electrons. The first-order valence-corrected chi connectivity index (χ1v) is 11.5. The van der Waals surface area contributed by atoms with Gasteiger partial charge in [0.05, 0.1) is 0 Å². The highest BCUT2D eigenvalue weighted by atomic mass is 16.3. The zero-order valence-corrected chi connectivity index (χ0v) is 18.2. The van der Waals surface area contributed by atoms with Crippen LogP contribution in [0.3, 0.4) is 0 Å². The van der Waals surface area contributed by atoms with E-state index in [1.807, 2.05) is 24.3 Å². The number of amides is 2. The molecule has 0 unspecified atom stereocenters. The molecule has 5 rings (SSSR count). The van der Waals surface area contributed by atoms with Gasteiger partial charge < -0.3 is 26.0 Å². The number of nitrogens with zero attached hydrogens (tertiary/aromatic N) is 2. The van der Waals surface area contributed by atoms with Gasteiger partial charge in [-0.1, -0.05) is 24.3 Å². The predicted octanol–water partition coefficient (Wildman–Crippen LogP) is 2.20. The molecule has 2 saturated carbocycles. The number of piperazine rings is 1. The lowest BCUT2D eigenvalue weighted by Crippen LogP contribution is -2.53. The molecule has 0 aromatic heterocycles. The van der Waals surface area contributed by atoms with Crippen molar-refractivity contribution in [2.75, 3.05) is 31.5 Å². The van der Waals surface area contributed by atoms with Crippen LogP contribution in [-0.4, -0.2) is 64.5 Å². The number of nitrogens with two attached hydrogens (primary N) is 1. The zero-order valence-electron chi connectivity index (χ0n) is 18.2. The third-order valence-corrected chi connectivity index (χ3v) is 6.71. The topological polar surface area (TPSA) is 98.9 Å². The van der Waals surface area contributed by atoms with E-state index in [9.17, 15) is 14.7 Å². The molecule has 1 saturated heterocycles. The van der Waals surface area contributed by atoms with Crippen molar-refractivity contribution in [2.45, 2.75) is 43.9 Å². The molecule has 32 heavy (non-hydrogen) atoms. The molecule has 1 aliphatic heterocycles. The van der Waals surface area contributed by atoms with Crippen LogP contribution in [0.5, 0.6) is 0 Å². The monoisotopic (exact) mass is 434 g/mol. The summed E-state index contributed by atoms with van der Waals surface area (Å²) in [6.07, 6.45) is 3.50. The van der Waals surface area contributed by atoms with E-state index in [4.69, 9.17) is 5.73 Å². The zero-order chi connectivity index (χ0) is 22.3. The Hall–Kier alpha value is -2.90. The van der Waals surface area contributed by atoms with Crippen LogP contribution >= 0.6 is 0 Å². The van der Waals surface area contributed by atoms with Crippen LogP contribution in [0.2, 0.25) is 0 Å². The van der Waals surface area contributed by atoms with Crippen LogP contribution in [0, 0.1) is 0 Å². The summed E-state index contributed by atoms with van der Waals surface area (Å²) >= 11 is 0. The maximum absolute atomic E-state index is 12.9. The molecule has 1 heterocycles. The van der Waals surface area contributed by atoms with Crippen molar-refractivity contribution in [3.05, 3.63) is 53.6 Å². The molecule has 2 aliphatic carbocycles. The largest absolute Gasteiger partial charge is 0.382 e. The summed E-state index contributed by atoms with van der Waals surface area (Å²) in [5.74, 6) is -0.214. The van der Waals surface area contributed by atoms with Crippen molar-refractivity contribution < 1.29 is 14.7 Å². The molecular formula is C25H30N4O3. The first-order valence-electron chi connectivity index (χ1n) is 11.5. The number of carbonyl (C=O) groups is 2. The number of benzene rings is 2. The Bertz CT molecular complexity index is 1020. The number of hydrogen-bond donors (Lipinski definition) is 3. The van der Waals surface area contributed by atoms with Crippen LogP contribution < -0.4 is 11.1 Å². The molecular weight excluding hydrogens is 404 g/mol. The number of hydrogen-bond acceptors (Lipinski definition) is 5. The number of carbonyl (C=O) groups excluding carboxylic acids is 2. The fourth-order valence-corrected chi connectivity index (χ4v) is 4.24. The molecule has 0 atom stereocenters. The molecule has 7 heteroatoms. The maximum atomic E-state index is 12.9. The van der Waals surface area contributed by atoms with E-state index in [1.54, 1.807) is 9.80 Å². The molecule has 0 spiro atoms. The van der Waals surface area contributed by atoms with Gasteiger partial charge in [-0.05, 0) is 60.6 Å². The third-order valence-electron chi connectivity index (χ3n) is 6.71. The van der Waals surface area contributed by atoms with Gasteiger partial charge in [0.1, 0.15) is 5.60 Å². The SMILES string of the molecule is NCc1ccc(-c2ccc(C(=O)N3CCN(C(=O)C4(O)CC4)CC3)cc2)cc1NC1CC1. The highest BCUT2D eigenvalue weighted by molar-refractivity contribution is 5.95. The number of anilines is 1. The van der Waals surface area contributed by atoms with Crippen molar-refractivity contribution in [3.63, 3.8) is 0 Å². The minimum Gasteiger partial charge on any atom is -0.382 e. The van der Waals surface area contributed by atoms with Crippen LogP contribution in [0.4, 0.5) is 5.69 Å². The van der Waals surface area contributed by atoms with Gasteiger partial charge in [-0.2, -0.15) is 0 Å². The summed E-state index contributed by atoms with van der Waals surface area (Å²) < 4.78 is 0. The lowest BCUT2D eigenvalue weighted by molar-refractivity contribution is -0.143. The Kier molecular flexibility index (Phi) is 5.39. The van der Waals surface area contributed by atoms with Gasteiger partial charge in [-0.15, -0.1) is 0 Å². The predicted molar refractivity (Wildman–Crippen MR) is 123 cm³/mol. The molecule has 2 aromatic carbocycles. The van der Waals surface area contributed by atoms with Gasteiger partial charge in [-0.25, -0.2) is 0 Å². The molecule has 0 bridgehead atoms. The summed E-state index contributed by atoms with van der Waals surface area (Å²) in [5.41, 5.74) is 9.74. The van der Waals surface area contributed by atoms with E-state index >= 15 is 0 Å². The quantitative estimate of drug-likeness (QED) is 0.647. The lowest BCUT2D eigenvalue weighted by Gasteiger charge is -2.35. The van der Waals surface area contributed by atoms with Gasteiger partial charge in [-0.3, -0.25) is 9.59 Å². The Morgan fingerprint density at radius 2 is 1.59 bits per heavy atom. The highest BCUT2D eigenvalue weighted by Crippen LogP contribution is 2.37. The molecule has 7 nitrogen and oxygen atoms in total. The summed E-state index contributed by atoms with van der Waals surface area (Å²) in [6.45, 7) is 2.41. The Balaban J connectivity index is 1.24. The van der Waals surface area contributed by atoms with E-state index < -0.39 is 5.60 Å². The fraction of sp³-hybridized carbons (Fsp3) is 0.440. The van der Waals surface area contributed by atoms with Crippen LogP contribution in [-0.2, 0) is 11.3 Å². The molecule has 4 N–H and O–H groups in total. The third kappa shape index (κ3) is 4.23. The fourth-order valence-electron chi connectivity index (χ4n) is 4.24. The van der Waals surface area contributed by atoms with Crippen molar-refractivity contribution in [1.29, 1.82) is 0 Å². The minimum absolute atomic E-state index is 0.0247. The van der Waals surface area contributed by atoms with Gasteiger partial charge in [0.15, 0.2) is 0 Å². The Morgan fingerprint density at radius 1 is 0.969 bits per heavy atom. The van der Waals surface area contributed by atoms with Crippen LogP contribution in [0.25, 0.3) is 11.1 Å². The number of rotatable bonds is 6. The van der Waals surface area contributed by atoms with Crippen molar-refractivity contribution in [1.82, 2.24) is 9.80 Å². The summed E-state index contributed by atoms with van der Waals surface area (Å²) in [7, 11) is 0. The van der Waals surface area contributed by atoms with Crippen molar-refractivity contribution >= 4 is 17.5 Å². The van der Waals surface area contributed by atoms with Crippen LogP contribution in [0.15, 0.2) is 42.5 Å². The molecule has 2 aromatic rings. The van der Waals surface area contributed by atoms with Crippen molar-refractivity contribution in [2.24, 2.45) is 5.73 Å². The van der Waals surface area contributed by atoms with Gasteiger partial charge >= 0.3 is 0 Å². The summed E-state index contributed by atoms with van der Waals surface area (Å²) in [6, 6.07) is 14.5. The molecule has 3 aliphatic rings. The van der Waals surface area contributed by atoms with E-state index in [0.29, 0.717) is 57.2 Å². The number of aliphatic hydroxyl groups is 1. The van der Waals surface area contributed by atoms with Gasteiger partial charge in [0.25, 0.3) is 11.8 Å². The highest BCUT2D eigenvalue weighted by Gasteiger charge is 2.50. The summed E-state index contributed by atoms with van der Waals surface area (Å²) in [5, 5.41) is 13.6.